The smallest absolute Gasteiger partial charge is 0.0805 e. The van der Waals surface area contributed by atoms with Crippen molar-refractivity contribution in [3.63, 3.8) is 0 Å². The molecule has 0 fully saturated rings. The summed E-state index contributed by atoms with van der Waals surface area (Å²) in [5, 5.41) is 9.47. The van der Waals surface area contributed by atoms with Gasteiger partial charge in [0.2, 0.25) is 0 Å². The molecular formula is C36H21IS4. The van der Waals surface area contributed by atoms with Gasteiger partial charge in [-0.05, 0) is 86.6 Å². The van der Waals surface area contributed by atoms with Crippen LogP contribution in [-0.2, 0) is 0 Å². The van der Waals surface area contributed by atoms with Crippen molar-refractivity contribution in [3.8, 4) is 0 Å². The topological polar surface area (TPSA) is 0 Å². The second kappa shape index (κ2) is 10.7. The number of thiophene rings is 3. The molecule has 0 amide bonds. The molecule has 0 aliphatic carbocycles. The third-order valence-corrected chi connectivity index (χ3v) is 13.6. The fourth-order valence-corrected chi connectivity index (χ4v) is 11.4. The van der Waals surface area contributed by atoms with Crippen LogP contribution in [0.1, 0.15) is 0 Å². The summed E-state index contributed by atoms with van der Waals surface area (Å²) in [5.74, 6) is 0. The van der Waals surface area contributed by atoms with Crippen LogP contribution in [-0.4, -0.2) is 0 Å². The predicted octanol–water partition coefficient (Wildman–Crippen LogP) is 13.2. The molecule has 0 radical (unpaired) electrons. The first kappa shape index (κ1) is 25.7. The maximum atomic E-state index is 2.47. The van der Waals surface area contributed by atoms with Crippen molar-refractivity contribution >= 4 is 130 Å². The highest BCUT2D eigenvalue weighted by molar-refractivity contribution is 14.1. The van der Waals surface area contributed by atoms with Gasteiger partial charge in [-0.15, -0.1) is 34.0 Å². The minimum absolute atomic E-state index is 1.29. The molecule has 0 aliphatic rings. The van der Waals surface area contributed by atoms with Gasteiger partial charge in [-0.25, -0.2) is 0 Å². The zero-order valence-corrected chi connectivity index (χ0v) is 27.1. The average Bonchev–Trinajstić information content (AvgIpc) is 3.65. The zero-order valence-electron chi connectivity index (χ0n) is 21.6. The third kappa shape index (κ3) is 4.74. The van der Waals surface area contributed by atoms with Crippen LogP contribution >= 0.6 is 68.4 Å². The van der Waals surface area contributed by atoms with Crippen LogP contribution in [0.4, 0.5) is 0 Å². The molecule has 41 heavy (non-hydrogen) atoms. The van der Waals surface area contributed by atoms with E-state index in [0.29, 0.717) is 0 Å². The Morgan fingerprint density at radius 1 is 0.439 bits per heavy atom. The highest BCUT2D eigenvalue weighted by Crippen LogP contribution is 2.45. The van der Waals surface area contributed by atoms with Gasteiger partial charge < -0.3 is 0 Å². The Morgan fingerprint density at radius 2 is 0.951 bits per heavy atom. The molecule has 9 aromatic rings. The van der Waals surface area contributed by atoms with Crippen molar-refractivity contribution in [1.29, 1.82) is 0 Å². The molecule has 0 nitrogen and oxygen atoms in total. The van der Waals surface area contributed by atoms with Gasteiger partial charge in [0.25, 0.3) is 0 Å². The van der Waals surface area contributed by atoms with Crippen molar-refractivity contribution in [1.82, 2.24) is 0 Å². The van der Waals surface area contributed by atoms with Gasteiger partial charge in [0.05, 0.1) is 12.3 Å². The van der Waals surface area contributed by atoms with Crippen molar-refractivity contribution in [2.75, 3.05) is 0 Å². The number of benzene rings is 6. The van der Waals surface area contributed by atoms with Gasteiger partial charge in [0.15, 0.2) is 0 Å². The normalized spacial score (nSPS) is 11.6. The lowest BCUT2D eigenvalue weighted by Crippen LogP contribution is -1.75. The average molecular weight is 709 g/mol. The Balaban J connectivity index is 0.000000125. The molecule has 0 unspecified atom stereocenters. The van der Waals surface area contributed by atoms with Gasteiger partial charge in [-0.1, -0.05) is 96.7 Å². The van der Waals surface area contributed by atoms with E-state index in [1.54, 1.807) is 0 Å². The largest absolute Gasteiger partial charge is 0.134 e. The molecule has 3 heterocycles. The molecule has 3 aromatic heterocycles. The van der Waals surface area contributed by atoms with E-state index in [4.69, 9.17) is 0 Å². The first-order chi connectivity index (χ1) is 20.2. The molecule has 5 heteroatoms. The third-order valence-electron chi connectivity index (χ3n) is 7.29. The van der Waals surface area contributed by atoms with E-state index in [-0.39, 0.29) is 0 Å². The quantitative estimate of drug-likeness (QED) is 0.161. The number of rotatable bonds is 2. The molecule has 6 aromatic carbocycles. The Labute approximate surface area is 267 Å². The van der Waals surface area contributed by atoms with E-state index in [9.17, 15) is 0 Å². The first-order valence-electron chi connectivity index (χ1n) is 13.3. The summed E-state index contributed by atoms with van der Waals surface area (Å²) >= 11 is 10.0. The van der Waals surface area contributed by atoms with Gasteiger partial charge >= 0.3 is 0 Å². The van der Waals surface area contributed by atoms with Crippen molar-refractivity contribution in [2.45, 2.75) is 9.79 Å². The SMILES string of the molecule is Ic1sc2cc3ccccc3cc2c1Sc1ccccc1.c1ccc2cc3c(cc2c1)sc1c2ccccc2sc31. The second-order valence-electron chi connectivity index (χ2n) is 9.87. The maximum Gasteiger partial charge on any atom is 0.0805 e. The summed E-state index contributed by atoms with van der Waals surface area (Å²) in [4.78, 5) is 2.68. The number of fused-ring (bicyclic) bond motifs is 8. The van der Waals surface area contributed by atoms with E-state index in [1.807, 2.05) is 45.8 Å². The fourth-order valence-electron chi connectivity index (χ4n) is 5.32. The van der Waals surface area contributed by atoms with E-state index < -0.39 is 0 Å². The molecule has 0 saturated carbocycles. The molecule has 0 N–H and O–H groups in total. The van der Waals surface area contributed by atoms with E-state index in [0.717, 1.165) is 0 Å². The van der Waals surface area contributed by atoms with Gasteiger partial charge in [0.1, 0.15) is 0 Å². The predicted molar refractivity (Wildman–Crippen MR) is 195 cm³/mol. The second-order valence-corrected chi connectivity index (χ2v) is 15.9. The molecule has 0 saturated heterocycles. The standard InChI is InChI=1S/C18H11IS2.C18H10S2/c19-18-17(20-14-8-2-1-3-9-14)15-10-12-6-4-5-7-13(12)11-16(15)21-18;1-2-6-12-10-16-14(9-11(12)5-1)18-17(20-16)13-7-3-4-8-15(13)19-18/h1-11H;1-10H. The van der Waals surface area contributed by atoms with Crippen molar-refractivity contribution < 1.29 is 0 Å². The Kier molecular flexibility index (Phi) is 6.73. The highest BCUT2D eigenvalue weighted by atomic mass is 127. The lowest BCUT2D eigenvalue weighted by Gasteiger charge is -2.02. The number of hydrogen-bond acceptors (Lipinski definition) is 4. The summed E-state index contributed by atoms with van der Waals surface area (Å²) < 4.78 is 8.41. The molecule has 0 bridgehead atoms. The van der Waals surface area contributed by atoms with E-state index >= 15 is 0 Å². The molecular weight excluding hydrogens is 688 g/mol. The Morgan fingerprint density at radius 3 is 1.66 bits per heavy atom. The van der Waals surface area contributed by atoms with Gasteiger partial charge in [0, 0.05) is 40.0 Å². The van der Waals surface area contributed by atoms with Crippen LogP contribution in [0.2, 0.25) is 0 Å². The van der Waals surface area contributed by atoms with Crippen LogP contribution in [0.25, 0.3) is 61.2 Å². The summed E-state index contributed by atoms with van der Waals surface area (Å²) in [7, 11) is 0. The van der Waals surface area contributed by atoms with E-state index in [2.05, 4.69) is 150 Å². The number of halogens is 1. The molecule has 196 valence electrons. The molecule has 0 atom stereocenters. The van der Waals surface area contributed by atoms with E-state index in [1.165, 1.54) is 73.9 Å². The fraction of sp³-hybridized carbons (Fsp3) is 0. The van der Waals surface area contributed by atoms with Crippen LogP contribution in [0, 0.1) is 2.88 Å². The first-order valence-corrected chi connectivity index (χ1v) is 17.6. The monoisotopic (exact) mass is 708 g/mol. The van der Waals surface area contributed by atoms with Crippen LogP contribution in [0.15, 0.2) is 137 Å². The van der Waals surface area contributed by atoms with Gasteiger partial charge in [-0.2, -0.15) is 0 Å². The van der Waals surface area contributed by atoms with Crippen LogP contribution in [0.5, 0.6) is 0 Å². The minimum Gasteiger partial charge on any atom is -0.134 e. The molecule has 0 spiro atoms. The molecule has 9 rings (SSSR count). The minimum atomic E-state index is 1.29. The lowest BCUT2D eigenvalue weighted by atomic mass is 10.1. The Hall–Kier alpha value is -2.94. The Bertz CT molecular complexity index is 2350. The highest BCUT2D eigenvalue weighted by Gasteiger charge is 2.13. The summed E-state index contributed by atoms with van der Waals surface area (Å²) in [6.07, 6.45) is 0. The lowest BCUT2D eigenvalue weighted by molar-refractivity contribution is 1.44. The van der Waals surface area contributed by atoms with Crippen molar-refractivity contribution in [3.05, 3.63) is 130 Å². The van der Waals surface area contributed by atoms with Crippen LogP contribution in [0.3, 0.4) is 0 Å². The summed E-state index contributed by atoms with van der Waals surface area (Å²) in [6, 6.07) is 45.8. The van der Waals surface area contributed by atoms with Crippen molar-refractivity contribution in [2.24, 2.45) is 0 Å². The zero-order chi connectivity index (χ0) is 27.3. The molecule has 0 aliphatic heterocycles. The number of hydrogen-bond donors (Lipinski definition) is 0. The van der Waals surface area contributed by atoms with Crippen LogP contribution < -0.4 is 0 Å². The maximum absolute atomic E-state index is 2.47. The summed E-state index contributed by atoms with van der Waals surface area (Å²) in [5.41, 5.74) is 0. The van der Waals surface area contributed by atoms with Gasteiger partial charge in [-0.3, -0.25) is 0 Å². The summed E-state index contributed by atoms with van der Waals surface area (Å²) in [6.45, 7) is 0.